The fourth-order valence-electron chi connectivity index (χ4n) is 3.28. The minimum absolute atomic E-state index is 0.107. The van der Waals surface area contributed by atoms with Crippen LogP contribution in [-0.2, 0) is 11.8 Å². The van der Waals surface area contributed by atoms with Gasteiger partial charge < -0.3 is 9.30 Å². The number of halogens is 4. The van der Waals surface area contributed by atoms with Gasteiger partial charge in [0.05, 0.1) is 32.9 Å². The van der Waals surface area contributed by atoms with E-state index in [1.54, 1.807) is 61.9 Å². The maximum absolute atomic E-state index is 13.6. The van der Waals surface area contributed by atoms with Crippen LogP contribution >= 0.6 is 46.4 Å². The van der Waals surface area contributed by atoms with Gasteiger partial charge in [-0.1, -0.05) is 58.5 Å². The van der Waals surface area contributed by atoms with Crippen LogP contribution in [0.5, 0.6) is 0 Å². The Bertz CT molecular complexity index is 1220. The lowest BCUT2D eigenvalue weighted by Gasteiger charge is -2.20. The second-order valence-electron chi connectivity index (χ2n) is 6.55. The Labute approximate surface area is 193 Å². The second kappa shape index (κ2) is 9.03. The first-order valence-corrected chi connectivity index (χ1v) is 10.5. The number of carbonyl (C=O) groups excluding carboxylic acids is 1. The van der Waals surface area contributed by atoms with Crippen LogP contribution in [0.25, 0.3) is 22.4 Å². The van der Waals surface area contributed by atoms with Crippen molar-refractivity contribution in [1.29, 1.82) is 0 Å². The van der Waals surface area contributed by atoms with E-state index in [1.807, 2.05) is 0 Å². The zero-order valence-electron chi connectivity index (χ0n) is 16.4. The summed E-state index contributed by atoms with van der Waals surface area (Å²) in [4.78, 5) is 26.4. The highest BCUT2D eigenvalue weighted by Crippen LogP contribution is 2.35. The van der Waals surface area contributed by atoms with Crippen molar-refractivity contribution in [2.45, 2.75) is 13.8 Å². The quantitative estimate of drug-likeness (QED) is 0.382. The molecule has 1 heterocycles. The number of nitrogens with zero attached hydrogens (tertiary/aromatic N) is 1. The molecule has 8 heteroatoms. The maximum atomic E-state index is 13.6. The summed E-state index contributed by atoms with van der Waals surface area (Å²) in [5.41, 5.74) is 1.72. The van der Waals surface area contributed by atoms with Crippen molar-refractivity contribution in [3.63, 3.8) is 0 Å². The number of rotatable bonds is 4. The van der Waals surface area contributed by atoms with Gasteiger partial charge in [0.15, 0.2) is 0 Å². The van der Waals surface area contributed by atoms with Crippen LogP contribution in [0.1, 0.15) is 23.0 Å². The maximum Gasteiger partial charge on any atom is 0.344 e. The average Bonchev–Trinajstić information content (AvgIpc) is 2.68. The Balaban J connectivity index is 2.43. The van der Waals surface area contributed by atoms with E-state index < -0.39 is 11.4 Å². The molecule has 30 heavy (non-hydrogen) atoms. The molecule has 0 saturated carbocycles. The lowest BCUT2D eigenvalue weighted by molar-refractivity contribution is 0.0525. The first-order chi connectivity index (χ1) is 14.2. The molecule has 0 spiro atoms. The minimum Gasteiger partial charge on any atom is -0.462 e. The van der Waals surface area contributed by atoms with E-state index in [2.05, 4.69) is 0 Å². The normalized spacial score (nSPS) is 10.9. The molecule has 0 radical (unpaired) electrons. The molecule has 4 nitrogen and oxygen atoms in total. The molecule has 1 aromatic heterocycles. The SMILES string of the molecule is CCOC(=O)c1c(-c2ccc(Cl)c(Cl)c2)n(C)c(C)c(-c2ccc(Cl)cc2Cl)c1=O. The van der Waals surface area contributed by atoms with Crippen LogP contribution < -0.4 is 5.43 Å². The number of hydrogen-bond donors (Lipinski definition) is 0. The average molecular weight is 485 g/mol. The fraction of sp³-hybridized carbons (Fsp3) is 0.182. The van der Waals surface area contributed by atoms with Gasteiger partial charge in [0.25, 0.3) is 0 Å². The third-order valence-electron chi connectivity index (χ3n) is 4.76. The van der Waals surface area contributed by atoms with Gasteiger partial charge in [-0.3, -0.25) is 4.79 Å². The lowest BCUT2D eigenvalue weighted by atomic mass is 9.96. The summed E-state index contributed by atoms with van der Waals surface area (Å²) < 4.78 is 6.94. The van der Waals surface area contributed by atoms with Gasteiger partial charge >= 0.3 is 5.97 Å². The zero-order chi connectivity index (χ0) is 22.2. The molecule has 3 rings (SSSR count). The summed E-state index contributed by atoms with van der Waals surface area (Å²) >= 11 is 24.6. The molecular weight excluding hydrogens is 468 g/mol. The van der Waals surface area contributed by atoms with Crippen molar-refractivity contribution in [1.82, 2.24) is 4.57 Å². The fourth-order valence-corrected chi connectivity index (χ4v) is 4.08. The van der Waals surface area contributed by atoms with E-state index >= 15 is 0 Å². The summed E-state index contributed by atoms with van der Waals surface area (Å²) in [5.74, 6) is -0.731. The van der Waals surface area contributed by atoms with Gasteiger partial charge in [0, 0.05) is 28.9 Å². The molecule has 0 N–H and O–H groups in total. The number of ether oxygens (including phenoxy) is 1. The number of benzene rings is 2. The van der Waals surface area contributed by atoms with E-state index in [-0.39, 0.29) is 12.2 Å². The zero-order valence-corrected chi connectivity index (χ0v) is 19.4. The molecule has 0 amide bonds. The van der Waals surface area contributed by atoms with Crippen LogP contribution in [-0.4, -0.2) is 17.1 Å². The topological polar surface area (TPSA) is 48.3 Å². The third-order valence-corrected chi connectivity index (χ3v) is 6.05. The molecule has 3 aromatic rings. The van der Waals surface area contributed by atoms with E-state index in [0.717, 1.165) is 0 Å². The molecule has 0 aliphatic carbocycles. The summed E-state index contributed by atoms with van der Waals surface area (Å²) in [7, 11) is 1.75. The van der Waals surface area contributed by atoms with Gasteiger partial charge in [0.1, 0.15) is 5.56 Å². The third kappa shape index (κ3) is 4.10. The van der Waals surface area contributed by atoms with Crippen LogP contribution in [0.3, 0.4) is 0 Å². The Kier molecular flexibility index (Phi) is 6.83. The van der Waals surface area contributed by atoms with Crippen LogP contribution in [0.15, 0.2) is 41.2 Å². The molecule has 0 unspecified atom stereocenters. The van der Waals surface area contributed by atoms with Gasteiger partial charge in [-0.05, 0) is 38.1 Å². The molecule has 0 saturated heterocycles. The molecule has 0 fully saturated rings. The van der Waals surface area contributed by atoms with Crippen molar-refractivity contribution in [2.24, 2.45) is 7.05 Å². The number of pyridine rings is 1. The largest absolute Gasteiger partial charge is 0.462 e. The molecule has 156 valence electrons. The number of carbonyl (C=O) groups is 1. The summed E-state index contributed by atoms with van der Waals surface area (Å²) in [6, 6.07) is 9.75. The smallest absolute Gasteiger partial charge is 0.344 e. The standard InChI is InChI=1S/C22H17Cl4NO3/c1-4-30-22(29)19-20(12-5-8-15(24)17(26)9-12)27(3)11(2)18(21(19)28)14-7-6-13(23)10-16(14)25/h5-10H,4H2,1-3H3. The number of aromatic nitrogens is 1. The van der Waals surface area contributed by atoms with E-state index in [4.69, 9.17) is 51.1 Å². The van der Waals surface area contributed by atoms with Gasteiger partial charge in [-0.15, -0.1) is 0 Å². The molecule has 2 aromatic carbocycles. The predicted octanol–water partition coefficient (Wildman–Crippen LogP) is 6.82. The van der Waals surface area contributed by atoms with E-state index in [0.29, 0.717) is 48.2 Å². The van der Waals surface area contributed by atoms with Crippen LogP contribution in [0, 0.1) is 6.92 Å². The summed E-state index contributed by atoms with van der Waals surface area (Å²) in [6.45, 7) is 3.57. The Hall–Kier alpha value is -1.98. The van der Waals surface area contributed by atoms with Crippen LogP contribution in [0.4, 0.5) is 0 Å². The van der Waals surface area contributed by atoms with Crippen molar-refractivity contribution in [2.75, 3.05) is 6.61 Å². The predicted molar refractivity (Wildman–Crippen MR) is 123 cm³/mol. The molecule has 0 aliphatic heterocycles. The number of esters is 1. The van der Waals surface area contributed by atoms with Crippen molar-refractivity contribution < 1.29 is 9.53 Å². The van der Waals surface area contributed by atoms with Gasteiger partial charge in [-0.2, -0.15) is 0 Å². The van der Waals surface area contributed by atoms with Gasteiger partial charge in [0.2, 0.25) is 5.43 Å². The first kappa shape index (κ1) is 22.7. The number of hydrogen-bond acceptors (Lipinski definition) is 3. The summed E-state index contributed by atoms with van der Waals surface area (Å²) in [6.07, 6.45) is 0. The van der Waals surface area contributed by atoms with Crippen LogP contribution in [0.2, 0.25) is 20.1 Å². The highest BCUT2D eigenvalue weighted by Gasteiger charge is 2.27. The monoisotopic (exact) mass is 483 g/mol. The van der Waals surface area contributed by atoms with E-state index in [9.17, 15) is 9.59 Å². The molecule has 0 aliphatic rings. The summed E-state index contributed by atoms with van der Waals surface area (Å²) in [5, 5.41) is 1.42. The molecule has 0 atom stereocenters. The highest BCUT2D eigenvalue weighted by atomic mass is 35.5. The lowest BCUT2D eigenvalue weighted by Crippen LogP contribution is -2.26. The van der Waals surface area contributed by atoms with Gasteiger partial charge in [-0.25, -0.2) is 4.79 Å². The molecular formula is C22H17Cl4NO3. The van der Waals surface area contributed by atoms with Crippen molar-refractivity contribution in [3.8, 4) is 22.4 Å². The minimum atomic E-state index is -0.731. The van der Waals surface area contributed by atoms with Crippen molar-refractivity contribution >= 4 is 52.4 Å². The first-order valence-electron chi connectivity index (χ1n) is 8.98. The highest BCUT2D eigenvalue weighted by molar-refractivity contribution is 6.42. The molecule has 0 bridgehead atoms. The van der Waals surface area contributed by atoms with E-state index in [1.165, 1.54) is 0 Å². The Morgan fingerprint density at radius 1 is 1.00 bits per heavy atom. The Morgan fingerprint density at radius 3 is 2.30 bits per heavy atom. The van der Waals surface area contributed by atoms with Crippen molar-refractivity contribution in [3.05, 3.63) is 78.0 Å². The second-order valence-corrected chi connectivity index (χ2v) is 8.20. The Morgan fingerprint density at radius 2 is 1.70 bits per heavy atom.